The fourth-order valence-corrected chi connectivity index (χ4v) is 3.83. The number of nitrogens with zero attached hydrogens (tertiary/aromatic N) is 2. The Balaban J connectivity index is 1.75. The molecule has 0 saturated heterocycles. The van der Waals surface area contributed by atoms with Gasteiger partial charge in [0.2, 0.25) is 5.91 Å². The van der Waals surface area contributed by atoms with Crippen molar-refractivity contribution in [3.05, 3.63) is 112 Å². The number of benzene rings is 2. The van der Waals surface area contributed by atoms with Crippen molar-refractivity contribution in [2.45, 2.75) is 32.2 Å². The summed E-state index contributed by atoms with van der Waals surface area (Å²) in [7, 11) is 1.60. The third-order valence-electron chi connectivity index (χ3n) is 5.66. The van der Waals surface area contributed by atoms with Gasteiger partial charge in [0.25, 0.3) is 5.91 Å². The molecule has 0 aliphatic rings. The molecule has 0 aliphatic heterocycles. The Morgan fingerprint density at radius 2 is 1.72 bits per heavy atom. The summed E-state index contributed by atoms with van der Waals surface area (Å²) < 4.78 is 26.5. The number of amides is 2. The molecule has 0 radical (unpaired) electrons. The second-order valence-electron chi connectivity index (χ2n) is 8.34. The Morgan fingerprint density at radius 1 is 1.03 bits per heavy atom. The smallest absolute Gasteiger partial charge is 0.254 e. The second-order valence-corrected chi connectivity index (χ2v) is 8.78. The molecule has 0 spiro atoms. The van der Waals surface area contributed by atoms with Crippen LogP contribution >= 0.6 is 11.6 Å². The van der Waals surface area contributed by atoms with E-state index in [-0.39, 0.29) is 22.6 Å². The van der Waals surface area contributed by atoms with Crippen molar-refractivity contribution >= 4 is 23.4 Å². The van der Waals surface area contributed by atoms with E-state index in [2.05, 4.69) is 10.3 Å². The molecule has 0 aliphatic carbocycles. The number of halogens is 3. The van der Waals surface area contributed by atoms with E-state index in [9.17, 15) is 18.4 Å². The number of carbonyl (C=O) groups is 2. The third-order valence-corrected chi connectivity index (χ3v) is 5.91. The molecular weight excluding hydrogens is 484 g/mol. The quantitative estimate of drug-likeness (QED) is 0.357. The Kier molecular flexibility index (Phi) is 10.1. The summed E-state index contributed by atoms with van der Waals surface area (Å²) >= 11 is 6.00. The molecule has 1 unspecified atom stereocenters. The fourth-order valence-electron chi connectivity index (χ4n) is 3.71. The summed E-state index contributed by atoms with van der Waals surface area (Å²) in [5.41, 5.74) is 2.44. The van der Waals surface area contributed by atoms with Crippen LogP contribution in [0.1, 0.15) is 32.7 Å². The number of hydrogen-bond donors (Lipinski definition) is 1. The first-order chi connectivity index (χ1) is 17.4. The largest absolute Gasteiger partial charge is 0.352 e. The predicted octanol–water partition coefficient (Wildman–Crippen LogP) is 5.27. The minimum atomic E-state index is -0.801. The summed E-state index contributed by atoms with van der Waals surface area (Å²) in [4.78, 5) is 31.4. The molecule has 3 rings (SSSR count). The van der Waals surface area contributed by atoms with Gasteiger partial charge in [-0.2, -0.15) is 0 Å². The van der Waals surface area contributed by atoms with Gasteiger partial charge in [-0.15, -0.1) is 0 Å². The van der Waals surface area contributed by atoms with Crippen LogP contribution in [-0.2, 0) is 31.0 Å². The number of rotatable bonds is 11. The third kappa shape index (κ3) is 7.99. The summed E-state index contributed by atoms with van der Waals surface area (Å²) in [6.45, 7) is -1.19. The van der Waals surface area contributed by atoms with E-state index in [0.717, 1.165) is 11.3 Å². The van der Waals surface area contributed by atoms with Crippen molar-refractivity contribution in [3.8, 4) is 0 Å². The molecular formula is C28H28ClF2N3O2. The molecule has 1 N–H and O–H groups in total. The Hall–Kier alpha value is -3.58. The minimum absolute atomic E-state index is 0.189. The molecule has 36 heavy (non-hydrogen) atoms. The predicted molar refractivity (Wildman–Crippen MR) is 137 cm³/mol. The zero-order valence-corrected chi connectivity index (χ0v) is 20.7. The van der Waals surface area contributed by atoms with Gasteiger partial charge in [0.1, 0.15) is 13.3 Å². The number of alkyl halides is 2. The lowest BCUT2D eigenvalue weighted by Gasteiger charge is -2.26. The summed E-state index contributed by atoms with van der Waals surface area (Å²) in [5, 5.41) is 3.41. The Labute approximate surface area is 214 Å². The van der Waals surface area contributed by atoms with E-state index < -0.39 is 25.3 Å². The standard InChI is InChI=1S/C28H28ClF2N3O2/c1-34(28(36)23-15-21(18-30)14-22(16-23)19-31)26(17-20-5-7-24(29)8-6-20)9-10-27(35)33-13-11-25-4-2-3-12-32-25/h2-10,12,14-16,26H,11,13,17-19H2,1H3,(H,33,35). The average Bonchev–Trinajstić information content (AvgIpc) is 2.91. The number of hydrogen-bond acceptors (Lipinski definition) is 3. The van der Waals surface area contributed by atoms with Crippen LogP contribution < -0.4 is 5.32 Å². The van der Waals surface area contributed by atoms with E-state index in [1.54, 1.807) is 31.5 Å². The summed E-state index contributed by atoms with van der Waals surface area (Å²) in [6, 6.07) is 16.5. The molecule has 3 aromatic rings. The monoisotopic (exact) mass is 511 g/mol. The average molecular weight is 512 g/mol. The van der Waals surface area contributed by atoms with Gasteiger partial charge in [-0.3, -0.25) is 14.6 Å². The maximum absolute atomic E-state index is 13.3. The molecule has 0 bridgehead atoms. The van der Waals surface area contributed by atoms with Crippen molar-refractivity contribution in [2.75, 3.05) is 13.6 Å². The van der Waals surface area contributed by atoms with E-state index >= 15 is 0 Å². The molecule has 1 atom stereocenters. The van der Waals surface area contributed by atoms with Crippen molar-refractivity contribution in [1.82, 2.24) is 15.2 Å². The van der Waals surface area contributed by atoms with Gasteiger partial charge >= 0.3 is 0 Å². The molecule has 0 fully saturated rings. The number of nitrogens with one attached hydrogen (secondary N) is 1. The summed E-state index contributed by atoms with van der Waals surface area (Å²) in [5.74, 6) is -0.703. The van der Waals surface area contributed by atoms with Crippen LogP contribution in [0.2, 0.25) is 5.02 Å². The van der Waals surface area contributed by atoms with E-state index in [1.165, 1.54) is 29.2 Å². The molecule has 2 aromatic carbocycles. The first-order valence-corrected chi connectivity index (χ1v) is 11.9. The Bertz CT molecular complexity index is 1160. The van der Waals surface area contributed by atoms with E-state index in [4.69, 9.17) is 11.6 Å². The zero-order chi connectivity index (χ0) is 25.9. The molecule has 5 nitrogen and oxygen atoms in total. The molecule has 1 aromatic heterocycles. The van der Waals surface area contributed by atoms with Crippen LogP contribution in [0.5, 0.6) is 0 Å². The minimum Gasteiger partial charge on any atom is -0.352 e. The van der Waals surface area contributed by atoms with Crippen LogP contribution in [0, 0.1) is 0 Å². The van der Waals surface area contributed by atoms with Gasteiger partial charge < -0.3 is 10.2 Å². The highest BCUT2D eigenvalue weighted by Gasteiger charge is 2.21. The highest BCUT2D eigenvalue weighted by Crippen LogP contribution is 2.18. The topological polar surface area (TPSA) is 62.3 Å². The highest BCUT2D eigenvalue weighted by molar-refractivity contribution is 6.30. The number of likely N-dealkylation sites (N-methyl/N-ethyl adjacent to an activating group) is 1. The van der Waals surface area contributed by atoms with Crippen LogP contribution in [0.4, 0.5) is 8.78 Å². The van der Waals surface area contributed by atoms with Gasteiger partial charge in [0.05, 0.1) is 6.04 Å². The molecule has 8 heteroatoms. The number of carbonyl (C=O) groups excluding carboxylic acids is 2. The van der Waals surface area contributed by atoms with E-state index in [0.29, 0.717) is 24.4 Å². The number of pyridine rings is 1. The molecule has 0 saturated carbocycles. The zero-order valence-electron chi connectivity index (χ0n) is 20.0. The first kappa shape index (κ1) is 27.0. The lowest BCUT2D eigenvalue weighted by atomic mass is 10.0. The number of aromatic nitrogens is 1. The molecule has 1 heterocycles. The fraction of sp³-hybridized carbons (Fsp3) is 0.250. The maximum atomic E-state index is 13.3. The van der Waals surface area contributed by atoms with Crippen LogP contribution in [0.25, 0.3) is 0 Å². The van der Waals surface area contributed by atoms with Gasteiger partial charge in [-0.25, -0.2) is 8.78 Å². The van der Waals surface area contributed by atoms with Crippen LogP contribution in [-0.4, -0.2) is 41.3 Å². The second kappa shape index (κ2) is 13.5. The maximum Gasteiger partial charge on any atom is 0.254 e. The normalized spacial score (nSPS) is 11.9. The lowest BCUT2D eigenvalue weighted by Crippen LogP contribution is -2.38. The van der Waals surface area contributed by atoms with Crippen molar-refractivity contribution in [3.63, 3.8) is 0 Å². The van der Waals surface area contributed by atoms with Gasteiger partial charge in [0.15, 0.2) is 0 Å². The first-order valence-electron chi connectivity index (χ1n) is 11.5. The van der Waals surface area contributed by atoms with Gasteiger partial charge in [-0.1, -0.05) is 41.9 Å². The van der Waals surface area contributed by atoms with Gasteiger partial charge in [-0.05, 0) is 59.5 Å². The Morgan fingerprint density at radius 3 is 2.33 bits per heavy atom. The summed E-state index contributed by atoms with van der Waals surface area (Å²) in [6.07, 6.45) is 5.75. The van der Waals surface area contributed by atoms with E-state index in [1.807, 2.05) is 30.3 Å². The molecule has 2 amide bonds. The lowest BCUT2D eigenvalue weighted by molar-refractivity contribution is -0.116. The van der Waals surface area contributed by atoms with Crippen molar-refractivity contribution in [1.29, 1.82) is 0 Å². The SMILES string of the molecule is CN(C(=O)c1cc(CF)cc(CF)c1)C(C=CC(=O)NCCc1ccccn1)Cc1ccc(Cl)cc1. The van der Waals surface area contributed by atoms with Crippen molar-refractivity contribution < 1.29 is 18.4 Å². The van der Waals surface area contributed by atoms with Crippen molar-refractivity contribution in [2.24, 2.45) is 0 Å². The van der Waals surface area contributed by atoms with Crippen LogP contribution in [0.15, 0.2) is 79.0 Å². The van der Waals surface area contributed by atoms with Gasteiger partial charge in [0, 0.05) is 48.6 Å². The van der Waals surface area contributed by atoms with Crippen LogP contribution in [0.3, 0.4) is 0 Å². The highest BCUT2D eigenvalue weighted by atomic mass is 35.5. The molecule has 188 valence electrons.